The molecular weight excluding hydrogens is 422 g/mol. The summed E-state index contributed by atoms with van der Waals surface area (Å²) in [7, 11) is -3.89. The standard InChI is InChI=1S/C23H20F2N2O3S/c24-18-11-9-16(10-12-18)22-13-17(23(28)26-20-6-4-5-19(25)14-20)15-27(22)31(29,30)21-7-2-1-3-8-21/h1-12,14,17,22H,13,15H2,(H-,26,28,29,30)/t17-,22+/m1/s1. The van der Waals surface area contributed by atoms with Crippen molar-refractivity contribution in [1.82, 2.24) is 4.31 Å². The third-order valence-corrected chi connectivity index (χ3v) is 7.21. The molecule has 8 heteroatoms. The Bertz CT molecular complexity index is 1130. The first-order valence-electron chi connectivity index (χ1n) is 9.73. The number of carbonyl (C=O) groups is 1. The number of amides is 1. The number of hydrogen-bond donors (Lipinski definition) is 1. The molecule has 1 amide bonds. The Kier molecular flexibility index (Phi) is 5.95. The smallest absolute Gasteiger partial charge is 0.229 e. The first-order valence-corrected chi connectivity index (χ1v) is 11.2. The highest BCUT2D eigenvalue weighted by Crippen LogP contribution is 2.41. The van der Waals surface area contributed by atoms with Gasteiger partial charge in [0.05, 0.1) is 18.5 Å². The Hall–Kier alpha value is -2.94. The van der Waals surface area contributed by atoms with E-state index in [1.54, 1.807) is 24.3 Å². The SMILES string of the molecule is O=C(Nc1cccc(F)c1)[C@@H]1C[C@@H](c2ccc(F)cc2)N([S+](=O)([O-])c2ccccc2)C1. The maximum absolute atomic E-state index is 13.4. The molecule has 1 aliphatic heterocycles. The second kappa shape index (κ2) is 8.66. The highest BCUT2D eigenvalue weighted by Gasteiger charge is 2.47. The summed E-state index contributed by atoms with van der Waals surface area (Å²) in [5.74, 6) is -1.97. The molecule has 3 atom stereocenters. The van der Waals surface area contributed by atoms with Gasteiger partial charge >= 0.3 is 0 Å². The zero-order chi connectivity index (χ0) is 22.0. The van der Waals surface area contributed by atoms with Gasteiger partial charge in [-0.2, -0.15) is 0 Å². The lowest BCUT2D eigenvalue weighted by Gasteiger charge is -2.28. The predicted molar refractivity (Wildman–Crippen MR) is 113 cm³/mol. The summed E-state index contributed by atoms with van der Waals surface area (Å²) in [6.07, 6.45) is 0.221. The first kappa shape index (κ1) is 21.3. The minimum Gasteiger partial charge on any atom is -0.593 e. The van der Waals surface area contributed by atoms with Crippen molar-refractivity contribution >= 4 is 22.0 Å². The molecule has 0 saturated carbocycles. The van der Waals surface area contributed by atoms with Gasteiger partial charge < -0.3 is 9.87 Å². The summed E-state index contributed by atoms with van der Waals surface area (Å²) >= 11 is 0. The molecule has 1 unspecified atom stereocenters. The van der Waals surface area contributed by atoms with Crippen LogP contribution in [0.5, 0.6) is 0 Å². The maximum atomic E-state index is 13.4. The lowest BCUT2D eigenvalue weighted by molar-refractivity contribution is -0.119. The number of nitrogens with zero attached hydrogens (tertiary/aromatic N) is 1. The fraction of sp³-hybridized carbons (Fsp3) is 0.174. The molecule has 160 valence electrons. The van der Waals surface area contributed by atoms with Gasteiger partial charge in [-0.3, -0.25) is 4.79 Å². The van der Waals surface area contributed by atoms with Crippen LogP contribution in [0.15, 0.2) is 83.8 Å². The van der Waals surface area contributed by atoms with Crippen LogP contribution < -0.4 is 5.32 Å². The fourth-order valence-electron chi connectivity index (χ4n) is 3.79. The van der Waals surface area contributed by atoms with Crippen LogP contribution in [0.2, 0.25) is 0 Å². The molecule has 1 N–H and O–H groups in total. The van der Waals surface area contributed by atoms with E-state index < -0.39 is 39.9 Å². The molecule has 0 bridgehead atoms. The summed E-state index contributed by atoms with van der Waals surface area (Å²) in [6, 6.07) is 18.4. The summed E-state index contributed by atoms with van der Waals surface area (Å²) in [4.78, 5) is 13.0. The third kappa shape index (κ3) is 4.56. The Morgan fingerprint density at radius 2 is 1.68 bits per heavy atom. The Morgan fingerprint density at radius 1 is 0.968 bits per heavy atom. The fourth-order valence-corrected chi connectivity index (χ4v) is 5.48. The topological polar surface area (TPSA) is 72.5 Å². The van der Waals surface area contributed by atoms with E-state index in [1.165, 1.54) is 58.9 Å². The predicted octanol–water partition coefficient (Wildman–Crippen LogP) is 4.57. The summed E-state index contributed by atoms with van der Waals surface area (Å²) in [5.41, 5.74) is 0.898. The minimum absolute atomic E-state index is 0.0413. The third-order valence-electron chi connectivity index (χ3n) is 5.32. The number of benzene rings is 3. The molecule has 5 nitrogen and oxygen atoms in total. The minimum atomic E-state index is -3.89. The van der Waals surface area contributed by atoms with Gasteiger partial charge in [-0.15, -0.1) is 4.31 Å². The van der Waals surface area contributed by atoms with E-state index in [9.17, 15) is 22.3 Å². The molecule has 0 spiro atoms. The Labute approximate surface area is 180 Å². The molecule has 1 heterocycles. The molecular formula is C23H20F2N2O3S. The molecule has 1 saturated heterocycles. The lowest BCUT2D eigenvalue weighted by atomic mass is 9.99. The Balaban J connectivity index is 1.64. The van der Waals surface area contributed by atoms with Crippen molar-refractivity contribution in [2.24, 2.45) is 5.92 Å². The second-order valence-electron chi connectivity index (χ2n) is 7.39. The summed E-state index contributed by atoms with van der Waals surface area (Å²) in [5, 5.41) is 2.66. The zero-order valence-corrected chi connectivity index (χ0v) is 17.2. The molecule has 31 heavy (non-hydrogen) atoms. The van der Waals surface area contributed by atoms with E-state index in [-0.39, 0.29) is 17.9 Å². The molecule has 1 aliphatic rings. The maximum Gasteiger partial charge on any atom is 0.229 e. The van der Waals surface area contributed by atoms with Crippen molar-refractivity contribution in [3.8, 4) is 0 Å². The highest BCUT2D eigenvalue weighted by atomic mass is 32.3. The van der Waals surface area contributed by atoms with E-state index in [0.717, 1.165) is 0 Å². The van der Waals surface area contributed by atoms with Gasteiger partial charge in [0.2, 0.25) is 5.91 Å². The van der Waals surface area contributed by atoms with Crippen LogP contribution >= 0.6 is 0 Å². The number of nitrogens with one attached hydrogen (secondary N) is 1. The van der Waals surface area contributed by atoms with Crippen molar-refractivity contribution in [2.45, 2.75) is 17.4 Å². The molecule has 0 aromatic heterocycles. The van der Waals surface area contributed by atoms with E-state index in [4.69, 9.17) is 0 Å². The van der Waals surface area contributed by atoms with Crippen LogP contribution in [0.3, 0.4) is 0 Å². The van der Waals surface area contributed by atoms with Gasteiger partial charge in [-0.1, -0.05) is 40.6 Å². The van der Waals surface area contributed by atoms with Crippen LogP contribution in [-0.2, 0) is 19.4 Å². The van der Waals surface area contributed by atoms with Crippen LogP contribution in [0.4, 0.5) is 14.5 Å². The summed E-state index contributed by atoms with van der Waals surface area (Å²) in [6.45, 7) is -0.0413. The number of hydrogen-bond acceptors (Lipinski definition) is 3. The molecule has 0 radical (unpaired) electrons. The average Bonchev–Trinajstić information content (AvgIpc) is 3.21. The van der Waals surface area contributed by atoms with Gasteiger partial charge in [0.1, 0.15) is 11.6 Å². The van der Waals surface area contributed by atoms with E-state index in [0.29, 0.717) is 11.3 Å². The van der Waals surface area contributed by atoms with Gasteiger partial charge in [0.15, 0.2) is 15.3 Å². The Morgan fingerprint density at radius 3 is 2.35 bits per heavy atom. The van der Waals surface area contributed by atoms with E-state index in [1.807, 2.05) is 0 Å². The van der Waals surface area contributed by atoms with Crippen molar-refractivity contribution in [3.05, 3.63) is 96.1 Å². The van der Waals surface area contributed by atoms with Crippen LogP contribution in [0.25, 0.3) is 0 Å². The van der Waals surface area contributed by atoms with Crippen molar-refractivity contribution < 1.29 is 22.3 Å². The zero-order valence-electron chi connectivity index (χ0n) is 16.4. The van der Waals surface area contributed by atoms with Crippen LogP contribution in [-0.4, -0.2) is 21.3 Å². The number of anilines is 1. The van der Waals surface area contributed by atoms with Gasteiger partial charge in [0.25, 0.3) is 0 Å². The highest BCUT2D eigenvalue weighted by molar-refractivity contribution is 7.95. The van der Waals surface area contributed by atoms with Crippen LogP contribution in [0, 0.1) is 17.6 Å². The first-order chi connectivity index (χ1) is 14.8. The van der Waals surface area contributed by atoms with Crippen molar-refractivity contribution in [2.75, 3.05) is 11.9 Å². The number of rotatable bonds is 5. The van der Waals surface area contributed by atoms with E-state index >= 15 is 0 Å². The van der Waals surface area contributed by atoms with Gasteiger partial charge in [-0.25, -0.2) is 8.78 Å². The number of sulfonamides is 1. The monoisotopic (exact) mass is 442 g/mol. The largest absolute Gasteiger partial charge is 0.593 e. The van der Waals surface area contributed by atoms with Crippen LogP contribution in [0.1, 0.15) is 18.0 Å². The number of halogens is 2. The quantitative estimate of drug-likeness (QED) is 0.589. The average molecular weight is 442 g/mol. The second-order valence-corrected chi connectivity index (χ2v) is 9.28. The molecule has 3 aromatic rings. The van der Waals surface area contributed by atoms with Gasteiger partial charge in [-0.05, 0) is 54.4 Å². The van der Waals surface area contributed by atoms with Crippen molar-refractivity contribution in [3.63, 3.8) is 0 Å². The molecule has 4 rings (SSSR count). The molecule has 3 aromatic carbocycles. The summed E-state index contributed by atoms with van der Waals surface area (Å²) < 4.78 is 54.8. The number of carbonyl (C=O) groups excluding carboxylic acids is 1. The van der Waals surface area contributed by atoms with Crippen molar-refractivity contribution in [1.29, 1.82) is 0 Å². The molecule has 1 fully saturated rings. The van der Waals surface area contributed by atoms with E-state index in [2.05, 4.69) is 5.32 Å². The molecule has 0 aliphatic carbocycles. The normalized spacial score (nSPS) is 20.9. The lowest BCUT2D eigenvalue weighted by Crippen LogP contribution is -2.37. The van der Waals surface area contributed by atoms with Gasteiger partial charge in [0, 0.05) is 5.69 Å².